The highest BCUT2D eigenvalue weighted by molar-refractivity contribution is 5.96. The minimum absolute atomic E-state index is 0.0383. The van der Waals surface area contributed by atoms with E-state index >= 15 is 0 Å². The minimum atomic E-state index is -0.341. The smallest absolute Gasteiger partial charge is 0.287 e. The number of fused-ring (bicyclic) bond motifs is 2. The molecule has 2 atom stereocenters. The van der Waals surface area contributed by atoms with E-state index in [-0.39, 0.29) is 17.6 Å². The van der Waals surface area contributed by atoms with Crippen LogP contribution in [0.4, 0.5) is 4.39 Å². The summed E-state index contributed by atoms with van der Waals surface area (Å²) in [4.78, 5) is 30.6. The van der Waals surface area contributed by atoms with Crippen molar-refractivity contribution < 1.29 is 18.4 Å². The summed E-state index contributed by atoms with van der Waals surface area (Å²) in [6, 6.07) is 9.21. The molecule has 1 aromatic carbocycles. The summed E-state index contributed by atoms with van der Waals surface area (Å²) in [6.07, 6.45) is 4.15. The number of benzene rings is 1. The number of hydrogen-bond donors (Lipinski definition) is 1. The van der Waals surface area contributed by atoms with Crippen molar-refractivity contribution in [2.75, 3.05) is 19.6 Å². The number of nitrogens with one attached hydrogen (secondary N) is 1. The number of carbonyl (C=O) groups excluding carboxylic acids is 2. The molecule has 2 aromatic heterocycles. The molecule has 7 heteroatoms. The highest BCUT2D eigenvalue weighted by Gasteiger charge is 2.55. The van der Waals surface area contributed by atoms with Crippen LogP contribution in [-0.2, 0) is 0 Å². The van der Waals surface area contributed by atoms with E-state index in [1.807, 2.05) is 4.90 Å². The lowest BCUT2D eigenvalue weighted by Crippen LogP contribution is -2.32. The zero-order valence-corrected chi connectivity index (χ0v) is 15.7. The van der Waals surface area contributed by atoms with E-state index in [4.69, 9.17) is 4.42 Å². The Morgan fingerprint density at radius 1 is 1.17 bits per heavy atom. The molecule has 2 unspecified atom stereocenters. The van der Waals surface area contributed by atoms with E-state index in [0.717, 1.165) is 24.9 Å². The summed E-state index contributed by atoms with van der Waals surface area (Å²) >= 11 is 0. The number of rotatable bonds is 5. The summed E-state index contributed by atoms with van der Waals surface area (Å²) in [7, 11) is 0. The fourth-order valence-electron chi connectivity index (χ4n) is 4.45. The van der Waals surface area contributed by atoms with Gasteiger partial charge in [-0.3, -0.25) is 14.6 Å². The molecule has 0 bridgehead atoms. The van der Waals surface area contributed by atoms with Gasteiger partial charge < -0.3 is 14.6 Å². The lowest BCUT2D eigenvalue weighted by molar-refractivity contribution is 0.0767. The maximum absolute atomic E-state index is 13.0. The van der Waals surface area contributed by atoms with Gasteiger partial charge in [0.25, 0.3) is 11.8 Å². The molecule has 1 aliphatic carbocycles. The largest absolute Gasteiger partial charge is 0.449 e. The third-order valence-electron chi connectivity index (χ3n) is 6.06. The van der Waals surface area contributed by atoms with Crippen LogP contribution in [0.1, 0.15) is 27.3 Å². The molecule has 148 valence electrons. The molecular formula is C22H20FN3O3. The number of halogens is 1. The first-order chi connectivity index (χ1) is 14.1. The highest BCUT2D eigenvalue weighted by Crippen LogP contribution is 2.53. The van der Waals surface area contributed by atoms with E-state index in [1.165, 1.54) is 24.3 Å². The Morgan fingerprint density at radius 2 is 1.93 bits per heavy atom. The maximum Gasteiger partial charge on any atom is 0.287 e. The minimum Gasteiger partial charge on any atom is -0.449 e. The Kier molecular flexibility index (Phi) is 4.30. The van der Waals surface area contributed by atoms with Gasteiger partial charge in [0.1, 0.15) is 5.82 Å². The Labute approximate surface area is 166 Å². The van der Waals surface area contributed by atoms with Crippen LogP contribution in [0.5, 0.6) is 0 Å². The summed E-state index contributed by atoms with van der Waals surface area (Å²) in [6.45, 7) is 2.05. The Morgan fingerprint density at radius 3 is 2.66 bits per heavy atom. The van der Waals surface area contributed by atoms with Crippen molar-refractivity contribution >= 4 is 22.8 Å². The van der Waals surface area contributed by atoms with Crippen molar-refractivity contribution in [3.05, 3.63) is 65.9 Å². The molecule has 0 radical (unpaired) electrons. The van der Waals surface area contributed by atoms with Crippen molar-refractivity contribution in [2.45, 2.75) is 6.42 Å². The standard InChI is InChI=1S/C22H20FN3O3/c23-15-3-1-13(2-4-15)22(28)26-11-17-16(18(17)12-26)6-8-25-21(27)19-9-14-5-7-24-10-20(14)29-19/h1-5,7,9-10,16-18H,6,8,11-12H2,(H,25,27). The van der Waals surface area contributed by atoms with Crippen LogP contribution < -0.4 is 5.32 Å². The quantitative estimate of drug-likeness (QED) is 0.723. The average molecular weight is 393 g/mol. The lowest BCUT2D eigenvalue weighted by atomic mass is 10.1. The van der Waals surface area contributed by atoms with Gasteiger partial charge in [0.05, 0.1) is 6.20 Å². The van der Waals surface area contributed by atoms with Crippen LogP contribution in [0, 0.1) is 23.6 Å². The predicted octanol–water partition coefficient (Wildman–Crippen LogP) is 3.11. The molecule has 2 fully saturated rings. The van der Waals surface area contributed by atoms with E-state index in [0.29, 0.717) is 41.2 Å². The molecule has 6 nitrogen and oxygen atoms in total. The van der Waals surface area contributed by atoms with E-state index < -0.39 is 0 Å². The average Bonchev–Trinajstić information content (AvgIpc) is 3.10. The van der Waals surface area contributed by atoms with Crippen LogP contribution in [0.2, 0.25) is 0 Å². The second-order valence-electron chi connectivity index (χ2n) is 7.78. The van der Waals surface area contributed by atoms with E-state index in [1.54, 1.807) is 24.5 Å². The zero-order valence-electron chi connectivity index (χ0n) is 15.7. The van der Waals surface area contributed by atoms with E-state index in [2.05, 4.69) is 10.3 Å². The molecule has 5 rings (SSSR count). The summed E-state index contributed by atoms with van der Waals surface area (Å²) in [5.41, 5.74) is 1.12. The Balaban J connectivity index is 1.09. The number of piperidine rings is 1. The molecule has 0 spiro atoms. The Bertz CT molecular complexity index is 1030. The predicted molar refractivity (Wildman–Crippen MR) is 104 cm³/mol. The van der Waals surface area contributed by atoms with Gasteiger partial charge >= 0.3 is 0 Å². The first-order valence-electron chi connectivity index (χ1n) is 9.77. The van der Waals surface area contributed by atoms with Crippen LogP contribution in [0.3, 0.4) is 0 Å². The third-order valence-corrected chi connectivity index (χ3v) is 6.06. The van der Waals surface area contributed by atoms with Crippen LogP contribution >= 0.6 is 0 Å². The fraction of sp³-hybridized carbons (Fsp3) is 0.318. The monoisotopic (exact) mass is 393 g/mol. The molecule has 2 aliphatic rings. The van der Waals surface area contributed by atoms with Gasteiger partial charge in [-0.2, -0.15) is 0 Å². The normalized spacial score (nSPS) is 22.5. The van der Waals surface area contributed by atoms with E-state index in [9.17, 15) is 14.0 Å². The number of amides is 2. The molecule has 1 aliphatic heterocycles. The van der Waals surface area contributed by atoms with Crippen molar-refractivity contribution in [1.29, 1.82) is 0 Å². The van der Waals surface area contributed by atoms with Crippen molar-refractivity contribution in [3.8, 4) is 0 Å². The number of nitrogens with zero attached hydrogens (tertiary/aromatic N) is 2. The summed E-state index contributed by atoms with van der Waals surface area (Å²) in [5.74, 6) is 1.21. The molecule has 29 heavy (non-hydrogen) atoms. The van der Waals surface area contributed by atoms with Gasteiger partial charge in [0.15, 0.2) is 11.3 Å². The second-order valence-corrected chi connectivity index (χ2v) is 7.78. The zero-order chi connectivity index (χ0) is 20.0. The molecule has 1 saturated carbocycles. The molecule has 2 amide bonds. The maximum atomic E-state index is 13.0. The SMILES string of the molecule is O=C(NCCC1C2CN(C(=O)c3ccc(F)cc3)CC12)c1cc2ccncc2o1. The number of furan rings is 1. The number of likely N-dealkylation sites (tertiary alicyclic amines) is 1. The van der Waals surface area contributed by atoms with Gasteiger partial charge in [0.2, 0.25) is 0 Å². The highest BCUT2D eigenvalue weighted by atomic mass is 19.1. The van der Waals surface area contributed by atoms with Gasteiger partial charge in [-0.05, 0) is 60.6 Å². The van der Waals surface area contributed by atoms with Gasteiger partial charge in [-0.1, -0.05) is 0 Å². The van der Waals surface area contributed by atoms with Crippen LogP contribution in [0.15, 0.2) is 53.2 Å². The Hall–Kier alpha value is -3.22. The molecule has 3 heterocycles. The number of pyridine rings is 1. The van der Waals surface area contributed by atoms with Gasteiger partial charge in [-0.25, -0.2) is 4.39 Å². The van der Waals surface area contributed by atoms with Crippen molar-refractivity contribution in [1.82, 2.24) is 15.2 Å². The van der Waals surface area contributed by atoms with Crippen molar-refractivity contribution in [2.24, 2.45) is 17.8 Å². The number of carbonyl (C=O) groups is 2. The number of aromatic nitrogens is 1. The second kappa shape index (κ2) is 6.99. The topological polar surface area (TPSA) is 75.4 Å². The fourth-order valence-corrected chi connectivity index (χ4v) is 4.45. The first-order valence-corrected chi connectivity index (χ1v) is 9.77. The molecular weight excluding hydrogens is 373 g/mol. The molecule has 1 saturated heterocycles. The van der Waals surface area contributed by atoms with Crippen LogP contribution in [-0.4, -0.2) is 41.3 Å². The first kappa shape index (κ1) is 17.8. The summed E-state index contributed by atoms with van der Waals surface area (Å²) in [5, 5.41) is 3.77. The van der Waals surface area contributed by atoms with Gasteiger partial charge in [0, 0.05) is 36.8 Å². The number of hydrogen-bond acceptors (Lipinski definition) is 4. The third kappa shape index (κ3) is 3.37. The molecule has 1 N–H and O–H groups in total. The summed E-state index contributed by atoms with van der Waals surface area (Å²) < 4.78 is 18.5. The lowest BCUT2D eigenvalue weighted by Gasteiger charge is -2.20. The van der Waals surface area contributed by atoms with Crippen molar-refractivity contribution in [3.63, 3.8) is 0 Å². The van der Waals surface area contributed by atoms with Gasteiger partial charge in [-0.15, -0.1) is 0 Å². The van der Waals surface area contributed by atoms with Crippen LogP contribution in [0.25, 0.3) is 11.0 Å². The molecule has 3 aromatic rings.